The normalized spacial score (nSPS) is 12.2. The highest BCUT2D eigenvalue weighted by atomic mass is 16.7. The van der Waals surface area contributed by atoms with E-state index in [2.05, 4.69) is 0 Å². The van der Waals surface area contributed by atoms with E-state index in [0.29, 0.717) is 18.4 Å². The molecule has 2 N–H and O–H groups in total. The van der Waals surface area contributed by atoms with Gasteiger partial charge in [0.05, 0.1) is 33.5 Å². The summed E-state index contributed by atoms with van der Waals surface area (Å²) in [6, 6.07) is 4.33. The highest BCUT2D eigenvalue weighted by Gasteiger charge is 2.36. The van der Waals surface area contributed by atoms with Crippen LogP contribution in [0.4, 0.5) is 14.4 Å². The van der Waals surface area contributed by atoms with Crippen molar-refractivity contribution in [2.75, 3.05) is 33.5 Å². The maximum atomic E-state index is 12.6. The van der Waals surface area contributed by atoms with E-state index in [0.717, 1.165) is 25.7 Å². The van der Waals surface area contributed by atoms with Gasteiger partial charge in [0.15, 0.2) is 11.5 Å². The predicted molar refractivity (Wildman–Crippen MR) is 149 cm³/mol. The van der Waals surface area contributed by atoms with Gasteiger partial charge in [0.2, 0.25) is 0 Å². The summed E-state index contributed by atoms with van der Waals surface area (Å²) >= 11 is 0. The Balaban J connectivity index is 3.06. The number of nitrogens with two attached hydrogens (primary N) is 1. The van der Waals surface area contributed by atoms with E-state index in [1.807, 2.05) is 27.7 Å². The summed E-state index contributed by atoms with van der Waals surface area (Å²) in [5.74, 6) is -0.831. The molecule has 0 amide bonds. The first-order valence-electron chi connectivity index (χ1n) is 14.0. The Bertz CT molecular complexity index is 966. The maximum absolute atomic E-state index is 12.6. The van der Waals surface area contributed by atoms with Gasteiger partial charge in [0, 0.05) is 12.8 Å². The quantitative estimate of drug-likeness (QED) is 0.0972. The summed E-state index contributed by atoms with van der Waals surface area (Å²) in [5.41, 5.74) is 5.23. The second kappa shape index (κ2) is 19.5. The van der Waals surface area contributed by atoms with Crippen molar-refractivity contribution < 1.29 is 52.3 Å². The van der Waals surface area contributed by atoms with Gasteiger partial charge in [-0.15, -0.1) is 0 Å². The van der Waals surface area contributed by atoms with E-state index in [1.165, 1.54) is 19.2 Å². The molecule has 0 aliphatic heterocycles. The average molecular weight is 584 g/mol. The summed E-state index contributed by atoms with van der Waals surface area (Å²) < 4.78 is 35.7. The first kappa shape index (κ1) is 35.5. The predicted octanol–water partition coefficient (Wildman–Crippen LogP) is 5.71. The molecule has 0 saturated heterocycles. The Kier molecular flexibility index (Phi) is 16.9. The van der Waals surface area contributed by atoms with Crippen molar-refractivity contribution >= 4 is 24.4 Å². The second-order valence-corrected chi connectivity index (χ2v) is 9.97. The van der Waals surface area contributed by atoms with Crippen molar-refractivity contribution in [3.8, 4) is 11.5 Å². The van der Waals surface area contributed by atoms with Gasteiger partial charge >= 0.3 is 24.4 Å². The van der Waals surface area contributed by atoms with E-state index in [1.54, 1.807) is 6.07 Å². The molecule has 0 aliphatic carbocycles. The molecule has 1 aromatic carbocycles. The average Bonchev–Trinajstić information content (AvgIpc) is 2.93. The SMILES string of the molecule is CCCCCOC(=O)Oc1ccc(CC(N)(CCOC(=O)OCC(C)C)C(=O)OC)cc1OC(=O)OCCCCC. The number of benzene rings is 1. The van der Waals surface area contributed by atoms with Crippen molar-refractivity contribution in [1.82, 2.24) is 0 Å². The van der Waals surface area contributed by atoms with Crippen LogP contribution in [-0.4, -0.2) is 63.5 Å². The highest BCUT2D eigenvalue weighted by molar-refractivity contribution is 5.81. The van der Waals surface area contributed by atoms with Crippen molar-refractivity contribution in [2.24, 2.45) is 11.7 Å². The van der Waals surface area contributed by atoms with Crippen LogP contribution in [0.3, 0.4) is 0 Å². The zero-order valence-electron chi connectivity index (χ0n) is 24.9. The van der Waals surface area contributed by atoms with Crippen LogP contribution in [0.25, 0.3) is 0 Å². The second-order valence-electron chi connectivity index (χ2n) is 9.97. The molecule has 0 radical (unpaired) electrons. The first-order chi connectivity index (χ1) is 19.5. The van der Waals surface area contributed by atoms with Crippen LogP contribution in [0.2, 0.25) is 0 Å². The summed E-state index contributed by atoms with van der Waals surface area (Å²) in [6.07, 6.45) is 2.04. The summed E-state index contributed by atoms with van der Waals surface area (Å²) in [7, 11) is 1.19. The zero-order chi connectivity index (χ0) is 30.7. The standard InChI is InChI=1S/C29H45NO11/c1-6-8-10-15-36-27(33)40-23-13-12-22(18-24(23)41-28(34)37-16-11-9-7-2)19-29(30,25(31)35-5)14-17-38-26(32)39-20-21(3)4/h12-13,18,21H,6-11,14-17,19-20,30H2,1-5H3. The number of carbonyl (C=O) groups excluding carboxylic acids is 4. The number of hydrogen-bond donors (Lipinski definition) is 1. The van der Waals surface area contributed by atoms with Gasteiger partial charge in [-0.25, -0.2) is 14.4 Å². The Morgan fingerprint density at radius 3 is 1.88 bits per heavy atom. The fourth-order valence-corrected chi connectivity index (χ4v) is 3.50. The van der Waals surface area contributed by atoms with Crippen molar-refractivity contribution in [1.29, 1.82) is 0 Å². The topological polar surface area (TPSA) is 159 Å². The van der Waals surface area contributed by atoms with Gasteiger partial charge in [0.1, 0.15) is 5.54 Å². The van der Waals surface area contributed by atoms with Crippen molar-refractivity contribution in [2.45, 2.75) is 84.6 Å². The molecule has 12 nitrogen and oxygen atoms in total. The number of unbranched alkanes of at least 4 members (excludes halogenated alkanes) is 4. The molecular formula is C29H45NO11. The third kappa shape index (κ3) is 14.6. The van der Waals surface area contributed by atoms with E-state index in [4.69, 9.17) is 38.9 Å². The Morgan fingerprint density at radius 1 is 0.780 bits per heavy atom. The van der Waals surface area contributed by atoms with Gasteiger partial charge in [-0.05, 0) is 36.5 Å². The Labute approximate surface area is 242 Å². The van der Waals surface area contributed by atoms with Crippen LogP contribution < -0.4 is 15.2 Å². The van der Waals surface area contributed by atoms with E-state index in [-0.39, 0.29) is 56.7 Å². The highest BCUT2D eigenvalue weighted by Crippen LogP contribution is 2.31. The maximum Gasteiger partial charge on any atom is 0.513 e. The van der Waals surface area contributed by atoms with E-state index >= 15 is 0 Å². The zero-order valence-corrected chi connectivity index (χ0v) is 24.9. The van der Waals surface area contributed by atoms with Crippen molar-refractivity contribution in [3.63, 3.8) is 0 Å². The molecular weight excluding hydrogens is 538 g/mol. The lowest BCUT2D eigenvalue weighted by molar-refractivity contribution is -0.147. The van der Waals surface area contributed by atoms with E-state index < -0.39 is 30.0 Å². The monoisotopic (exact) mass is 583 g/mol. The van der Waals surface area contributed by atoms with Gasteiger partial charge in [-0.2, -0.15) is 0 Å². The molecule has 0 saturated carbocycles. The largest absolute Gasteiger partial charge is 0.513 e. The van der Waals surface area contributed by atoms with Crippen LogP contribution in [-0.2, 0) is 34.9 Å². The minimum Gasteiger partial charge on any atom is -0.468 e. The fourth-order valence-electron chi connectivity index (χ4n) is 3.50. The number of carbonyl (C=O) groups is 4. The third-order valence-electron chi connectivity index (χ3n) is 5.74. The lowest BCUT2D eigenvalue weighted by Crippen LogP contribution is -2.51. The summed E-state index contributed by atoms with van der Waals surface area (Å²) in [6.45, 7) is 8.13. The minimum absolute atomic E-state index is 0.0864. The van der Waals surface area contributed by atoms with Gasteiger partial charge in [0.25, 0.3) is 0 Å². The number of rotatable bonds is 18. The first-order valence-corrected chi connectivity index (χ1v) is 14.0. The lowest BCUT2D eigenvalue weighted by Gasteiger charge is -2.26. The van der Waals surface area contributed by atoms with Gasteiger partial charge in [-0.3, -0.25) is 4.79 Å². The molecule has 0 bridgehead atoms. The van der Waals surface area contributed by atoms with Crippen LogP contribution >= 0.6 is 0 Å². The number of hydrogen-bond acceptors (Lipinski definition) is 12. The molecule has 1 rings (SSSR count). The molecule has 0 fully saturated rings. The van der Waals surface area contributed by atoms with Crippen LogP contribution in [0.5, 0.6) is 11.5 Å². The molecule has 1 unspecified atom stereocenters. The number of esters is 1. The minimum atomic E-state index is -1.61. The number of ether oxygens (including phenoxy) is 7. The molecule has 1 aromatic rings. The van der Waals surface area contributed by atoms with E-state index in [9.17, 15) is 19.2 Å². The van der Waals surface area contributed by atoms with Crippen LogP contribution in [0.1, 0.15) is 78.2 Å². The summed E-state index contributed by atoms with van der Waals surface area (Å²) in [4.78, 5) is 49.0. The Hall–Kier alpha value is -3.54. The van der Waals surface area contributed by atoms with Gasteiger partial charge < -0.3 is 38.9 Å². The lowest BCUT2D eigenvalue weighted by atomic mass is 9.88. The smallest absolute Gasteiger partial charge is 0.468 e. The van der Waals surface area contributed by atoms with Crippen LogP contribution in [0, 0.1) is 5.92 Å². The van der Waals surface area contributed by atoms with Gasteiger partial charge in [-0.1, -0.05) is 59.4 Å². The molecule has 1 atom stereocenters. The molecule has 0 aliphatic rings. The number of methoxy groups -OCH3 is 1. The molecule has 0 heterocycles. The third-order valence-corrected chi connectivity index (χ3v) is 5.74. The molecule has 0 spiro atoms. The molecule has 0 aromatic heterocycles. The molecule has 232 valence electrons. The summed E-state index contributed by atoms with van der Waals surface area (Å²) in [5, 5.41) is 0. The fraction of sp³-hybridized carbons (Fsp3) is 0.655. The van der Waals surface area contributed by atoms with Crippen LogP contribution in [0.15, 0.2) is 18.2 Å². The molecule has 12 heteroatoms. The molecule has 41 heavy (non-hydrogen) atoms. The Morgan fingerprint density at radius 2 is 1.34 bits per heavy atom. The van der Waals surface area contributed by atoms with Crippen molar-refractivity contribution in [3.05, 3.63) is 23.8 Å².